The molecule has 76 valence electrons. The van der Waals surface area contributed by atoms with Crippen molar-refractivity contribution in [2.75, 3.05) is 32.7 Å². The minimum atomic E-state index is 0.832. The Morgan fingerprint density at radius 3 is 2.77 bits per heavy atom. The van der Waals surface area contributed by atoms with Gasteiger partial charge in [-0.2, -0.15) is 0 Å². The minimum absolute atomic E-state index is 0.832. The van der Waals surface area contributed by atoms with Crippen molar-refractivity contribution in [2.24, 2.45) is 11.8 Å². The second kappa shape index (κ2) is 5.40. The largest absolute Gasteiger partial charge is 0.316 e. The van der Waals surface area contributed by atoms with Gasteiger partial charge in [0.2, 0.25) is 0 Å². The summed E-state index contributed by atoms with van der Waals surface area (Å²) in [6, 6.07) is 0. The van der Waals surface area contributed by atoms with Crippen LogP contribution in [0.5, 0.6) is 0 Å². The number of hydrogen-bond acceptors (Lipinski definition) is 2. The van der Waals surface area contributed by atoms with Gasteiger partial charge in [0, 0.05) is 13.1 Å². The Balaban J connectivity index is 2.31. The van der Waals surface area contributed by atoms with Crippen LogP contribution in [0.3, 0.4) is 0 Å². The van der Waals surface area contributed by atoms with Crippen molar-refractivity contribution in [3.05, 3.63) is 12.7 Å². The van der Waals surface area contributed by atoms with Gasteiger partial charge in [0.15, 0.2) is 0 Å². The van der Waals surface area contributed by atoms with Gasteiger partial charge in [0.25, 0.3) is 0 Å². The molecular weight excluding hydrogens is 160 g/mol. The Kier molecular flexibility index (Phi) is 4.46. The van der Waals surface area contributed by atoms with Crippen LogP contribution >= 0.6 is 0 Å². The van der Waals surface area contributed by atoms with Crippen molar-refractivity contribution < 1.29 is 0 Å². The zero-order valence-electron chi connectivity index (χ0n) is 8.92. The Labute approximate surface area is 82.0 Å². The zero-order valence-corrected chi connectivity index (χ0v) is 8.92. The molecule has 1 rings (SSSR count). The highest BCUT2D eigenvalue weighted by Gasteiger charge is 2.24. The predicted molar refractivity (Wildman–Crippen MR) is 57.8 cm³/mol. The van der Waals surface area contributed by atoms with E-state index in [1.165, 1.54) is 19.6 Å². The molecule has 0 aromatic rings. The van der Waals surface area contributed by atoms with Gasteiger partial charge in [0.05, 0.1) is 0 Å². The van der Waals surface area contributed by atoms with Crippen LogP contribution in [0.15, 0.2) is 12.7 Å². The first-order valence-electron chi connectivity index (χ1n) is 5.31. The van der Waals surface area contributed by atoms with E-state index < -0.39 is 0 Å². The standard InChI is InChI=1S/C11H22N2/c1-4-6-13(5-2)9-11-8-12-7-10(11)3/h4,10-12H,1,5-9H2,2-3H3/t10-,11+/m1/s1. The molecule has 0 aromatic heterocycles. The fourth-order valence-electron chi connectivity index (χ4n) is 1.96. The molecular formula is C11H22N2. The molecule has 2 nitrogen and oxygen atoms in total. The van der Waals surface area contributed by atoms with Gasteiger partial charge in [0.1, 0.15) is 0 Å². The number of rotatable bonds is 5. The fourth-order valence-corrected chi connectivity index (χ4v) is 1.96. The lowest BCUT2D eigenvalue weighted by molar-refractivity contribution is 0.248. The number of nitrogens with one attached hydrogen (secondary N) is 1. The average Bonchev–Trinajstić information content (AvgIpc) is 2.51. The van der Waals surface area contributed by atoms with Crippen LogP contribution in [0.2, 0.25) is 0 Å². The van der Waals surface area contributed by atoms with Gasteiger partial charge < -0.3 is 5.32 Å². The van der Waals surface area contributed by atoms with Crippen molar-refractivity contribution in [1.29, 1.82) is 0 Å². The van der Waals surface area contributed by atoms with Crippen molar-refractivity contribution in [2.45, 2.75) is 13.8 Å². The number of nitrogens with zero attached hydrogens (tertiary/aromatic N) is 1. The molecule has 0 amide bonds. The quantitative estimate of drug-likeness (QED) is 0.646. The van der Waals surface area contributed by atoms with E-state index in [4.69, 9.17) is 0 Å². The van der Waals surface area contributed by atoms with Crippen LogP contribution in [0.4, 0.5) is 0 Å². The Morgan fingerprint density at radius 2 is 2.31 bits per heavy atom. The molecule has 1 N–H and O–H groups in total. The highest BCUT2D eigenvalue weighted by molar-refractivity contribution is 4.82. The monoisotopic (exact) mass is 182 g/mol. The summed E-state index contributed by atoms with van der Waals surface area (Å²) in [5, 5.41) is 3.44. The first kappa shape index (κ1) is 10.7. The maximum Gasteiger partial charge on any atom is 0.0160 e. The molecule has 13 heavy (non-hydrogen) atoms. The molecule has 1 aliphatic rings. The second-order valence-electron chi connectivity index (χ2n) is 4.04. The van der Waals surface area contributed by atoms with Crippen LogP contribution in [0, 0.1) is 11.8 Å². The van der Waals surface area contributed by atoms with E-state index in [1.54, 1.807) is 0 Å². The van der Waals surface area contributed by atoms with Gasteiger partial charge in [-0.25, -0.2) is 0 Å². The van der Waals surface area contributed by atoms with Crippen LogP contribution < -0.4 is 5.32 Å². The maximum absolute atomic E-state index is 3.78. The van der Waals surface area contributed by atoms with E-state index in [0.717, 1.165) is 24.9 Å². The van der Waals surface area contributed by atoms with Crippen molar-refractivity contribution >= 4 is 0 Å². The van der Waals surface area contributed by atoms with Crippen LogP contribution in [-0.4, -0.2) is 37.6 Å². The zero-order chi connectivity index (χ0) is 9.68. The SMILES string of the molecule is C=CCN(CC)C[C@@H]1CNC[C@H]1C. The molecule has 2 heteroatoms. The summed E-state index contributed by atoms with van der Waals surface area (Å²) >= 11 is 0. The second-order valence-corrected chi connectivity index (χ2v) is 4.04. The molecule has 0 radical (unpaired) electrons. The molecule has 2 atom stereocenters. The summed E-state index contributed by atoms with van der Waals surface area (Å²) in [5.41, 5.74) is 0. The normalized spacial score (nSPS) is 28.2. The van der Waals surface area contributed by atoms with Crippen molar-refractivity contribution in [1.82, 2.24) is 10.2 Å². The molecule has 0 spiro atoms. The third-order valence-corrected chi connectivity index (χ3v) is 3.00. The lowest BCUT2D eigenvalue weighted by atomic mass is 9.97. The fraction of sp³-hybridized carbons (Fsp3) is 0.818. The highest BCUT2D eigenvalue weighted by Crippen LogP contribution is 2.16. The molecule has 1 heterocycles. The Morgan fingerprint density at radius 1 is 1.54 bits per heavy atom. The smallest absolute Gasteiger partial charge is 0.0160 e. The lowest BCUT2D eigenvalue weighted by Crippen LogP contribution is -2.32. The van der Waals surface area contributed by atoms with Crippen LogP contribution in [-0.2, 0) is 0 Å². The Hall–Kier alpha value is -0.340. The van der Waals surface area contributed by atoms with E-state index in [1.807, 2.05) is 6.08 Å². The molecule has 0 aromatic carbocycles. The summed E-state index contributed by atoms with van der Waals surface area (Å²) in [6.45, 7) is 14.1. The van der Waals surface area contributed by atoms with E-state index in [2.05, 4.69) is 30.6 Å². The van der Waals surface area contributed by atoms with Gasteiger partial charge in [-0.15, -0.1) is 6.58 Å². The van der Waals surface area contributed by atoms with Crippen molar-refractivity contribution in [3.63, 3.8) is 0 Å². The Bertz CT molecular complexity index is 156. The molecule has 0 saturated carbocycles. The summed E-state index contributed by atoms with van der Waals surface area (Å²) in [5.74, 6) is 1.67. The van der Waals surface area contributed by atoms with Crippen LogP contribution in [0.25, 0.3) is 0 Å². The first-order chi connectivity index (χ1) is 6.27. The summed E-state index contributed by atoms with van der Waals surface area (Å²) in [6.07, 6.45) is 2.00. The molecule has 0 aliphatic carbocycles. The summed E-state index contributed by atoms with van der Waals surface area (Å²) < 4.78 is 0. The highest BCUT2D eigenvalue weighted by atomic mass is 15.1. The van der Waals surface area contributed by atoms with E-state index in [9.17, 15) is 0 Å². The van der Waals surface area contributed by atoms with Gasteiger partial charge >= 0.3 is 0 Å². The summed E-state index contributed by atoms with van der Waals surface area (Å²) in [7, 11) is 0. The third-order valence-electron chi connectivity index (χ3n) is 3.00. The average molecular weight is 182 g/mol. The molecule has 0 unspecified atom stereocenters. The van der Waals surface area contributed by atoms with Crippen LogP contribution in [0.1, 0.15) is 13.8 Å². The molecule has 1 aliphatic heterocycles. The predicted octanol–water partition coefficient (Wildman–Crippen LogP) is 1.35. The molecule has 0 bridgehead atoms. The van der Waals surface area contributed by atoms with E-state index in [-0.39, 0.29) is 0 Å². The van der Waals surface area contributed by atoms with E-state index >= 15 is 0 Å². The van der Waals surface area contributed by atoms with Gasteiger partial charge in [-0.3, -0.25) is 4.90 Å². The van der Waals surface area contributed by atoms with Gasteiger partial charge in [-0.1, -0.05) is 19.9 Å². The lowest BCUT2D eigenvalue weighted by Gasteiger charge is -2.24. The third kappa shape index (κ3) is 3.12. The minimum Gasteiger partial charge on any atom is -0.316 e. The van der Waals surface area contributed by atoms with Gasteiger partial charge in [-0.05, 0) is 31.5 Å². The topological polar surface area (TPSA) is 15.3 Å². The number of hydrogen-bond donors (Lipinski definition) is 1. The van der Waals surface area contributed by atoms with Crippen molar-refractivity contribution in [3.8, 4) is 0 Å². The number of likely N-dealkylation sites (N-methyl/N-ethyl adjacent to an activating group) is 1. The van der Waals surface area contributed by atoms with E-state index in [0.29, 0.717) is 0 Å². The maximum atomic E-state index is 3.78. The molecule has 1 fully saturated rings. The molecule has 1 saturated heterocycles. The summed E-state index contributed by atoms with van der Waals surface area (Å²) in [4.78, 5) is 2.46. The first-order valence-corrected chi connectivity index (χ1v) is 5.31.